The summed E-state index contributed by atoms with van der Waals surface area (Å²) in [5, 5.41) is 0. The van der Waals surface area contributed by atoms with Crippen LogP contribution in [0.2, 0.25) is 0 Å². The summed E-state index contributed by atoms with van der Waals surface area (Å²) in [7, 11) is 0. The van der Waals surface area contributed by atoms with Crippen molar-refractivity contribution in [2.24, 2.45) is 0 Å². The molecule has 1 nitrogen and oxygen atoms in total. The third-order valence-corrected chi connectivity index (χ3v) is 1.77. The molecule has 0 aliphatic carbocycles. The number of hydrogen-bond acceptors (Lipinski definition) is 3. The molecule has 0 radical (unpaired) electrons. The van der Waals surface area contributed by atoms with Gasteiger partial charge in [0.1, 0.15) is 0 Å². The van der Waals surface area contributed by atoms with Crippen molar-refractivity contribution in [3.8, 4) is 0 Å². The van der Waals surface area contributed by atoms with Crippen LogP contribution in [0.4, 0.5) is 0 Å². The van der Waals surface area contributed by atoms with Crippen LogP contribution in [-0.2, 0) is 0 Å². The lowest BCUT2D eigenvalue weighted by atomic mass is 10.4. The summed E-state index contributed by atoms with van der Waals surface area (Å²) in [6, 6.07) is 0. The van der Waals surface area contributed by atoms with E-state index in [4.69, 9.17) is 0 Å². The molecule has 0 unspecified atom stereocenters. The van der Waals surface area contributed by atoms with E-state index in [2.05, 4.69) is 37.1 Å². The topological polar surface area (TPSA) is 3.24 Å². The third kappa shape index (κ3) is 5.45. The second-order valence-corrected chi connectivity index (χ2v) is 3.18. The average molecular weight is 179 g/mol. The molecule has 62 valence electrons. The van der Waals surface area contributed by atoms with Gasteiger partial charge in [-0.05, 0) is 13.0 Å². The van der Waals surface area contributed by atoms with Crippen molar-refractivity contribution in [2.75, 3.05) is 31.1 Å². The van der Waals surface area contributed by atoms with Crippen LogP contribution in [0.15, 0.2) is 0 Å². The fraction of sp³-hybridized carbons (Fsp3) is 1.00. The molecule has 0 saturated carbocycles. The molecule has 3 heteroatoms. The van der Waals surface area contributed by atoms with E-state index in [-0.39, 0.29) is 0 Å². The predicted molar refractivity (Wildman–Crippen MR) is 54.4 cm³/mol. The minimum absolute atomic E-state index is 0.952. The van der Waals surface area contributed by atoms with E-state index in [0.29, 0.717) is 0 Å². The first-order chi connectivity index (χ1) is 4.85. The van der Waals surface area contributed by atoms with Crippen LogP contribution in [0, 0.1) is 0 Å². The Kier molecular flexibility index (Phi) is 8.28. The molecule has 0 aliphatic heterocycles. The Morgan fingerprint density at radius 1 is 1.00 bits per heavy atom. The molecule has 0 heterocycles. The molecule has 0 aromatic carbocycles. The van der Waals surface area contributed by atoms with Crippen LogP contribution in [0.1, 0.15) is 13.3 Å². The second kappa shape index (κ2) is 7.76. The van der Waals surface area contributed by atoms with E-state index in [1.807, 2.05) is 0 Å². The van der Waals surface area contributed by atoms with Crippen LogP contribution >= 0.6 is 25.3 Å². The molecule has 10 heavy (non-hydrogen) atoms. The summed E-state index contributed by atoms with van der Waals surface area (Å²) in [5.41, 5.74) is 0. The zero-order valence-electron chi connectivity index (χ0n) is 6.58. The fourth-order valence-corrected chi connectivity index (χ4v) is 1.50. The molecule has 0 amide bonds. The summed E-state index contributed by atoms with van der Waals surface area (Å²) in [6.45, 7) is 5.57. The maximum atomic E-state index is 4.18. The Hall–Kier alpha value is 0.660. The maximum absolute atomic E-state index is 4.18. The van der Waals surface area contributed by atoms with Gasteiger partial charge >= 0.3 is 0 Å². The highest BCUT2D eigenvalue weighted by Crippen LogP contribution is 1.92. The summed E-state index contributed by atoms with van der Waals surface area (Å²) in [4.78, 5) is 2.39. The third-order valence-electron chi connectivity index (χ3n) is 1.37. The molecular weight excluding hydrogens is 162 g/mol. The molecule has 0 atom stereocenters. The van der Waals surface area contributed by atoms with Crippen LogP contribution < -0.4 is 0 Å². The van der Waals surface area contributed by atoms with Crippen molar-refractivity contribution >= 4 is 25.3 Å². The van der Waals surface area contributed by atoms with Crippen molar-refractivity contribution in [1.82, 2.24) is 4.90 Å². The van der Waals surface area contributed by atoms with Crippen molar-refractivity contribution in [3.05, 3.63) is 0 Å². The first-order valence-electron chi connectivity index (χ1n) is 3.79. The summed E-state index contributed by atoms with van der Waals surface area (Å²) in [6.07, 6.45) is 1.22. The van der Waals surface area contributed by atoms with Crippen molar-refractivity contribution in [1.29, 1.82) is 0 Å². The van der Waals surface area contributed by atoms with Crippen LogP contribution in [-0.4, -0.2) is 36.0 Å². The van der Waals surface area contributed by atoms with Gasteiger partial charge in [-0.25, -0.2) is 0 Å². The van der Waals surface area contributed by atoms with Gasteiger partial charge in [-0.3, -0.25) is 0 Å². The van der Waals surface area contributed by atoms with E-state index < -0.39 is 0 Å². The first kappa shape index (κ1) is 10.7. The summed E-state index contributed by atoms with van der Waals surface area (Å²) >= 11 is 8.36. The molecule has 0 spiro atoms. The standard InChI is InChI=1S/C7H17NS2/c1-2-3-8(4-6-9)5-7-10/h9-10H,2-7H2,1H3. The summed E-state index contributed by atoms with van der Waals surface area (Å²) in [5.74, 6) is 1.90. The minimum atomic E-state index is 0.952. The Labute approximate surface area is 75.0 Å². The van der Waals surface area contributed by atoms with Crippen LogP contribution in [0.5, 0.6) is 0 Å². The largest absolute Gasteiger partial charge is 0.302 e. The number of hydrogen-bond donors (Lipinski definition) is 2. The van der Waals surface area contributed by atoms with Gasteiger partial charge in [-0.15, -0.1) is 0 Å². The Balaban J connectivity index is 3.30. The van der Waals surface area contributed by atoms with Gasteiger partial charge in [0, 0.05) is 24.6 Å². The van der Waals surface area contributed by atoms with Crippen molar-refractivity contribution < 1.29 is 0 Å². The molecule has 0 aromatic rings. The quantitative estimate of drug-likeness (QED) is 0.585. The molecule has 0 fully saturated rings. The highest BCUT2D eigenvalue weighted by Gasteiger charge is 1.98. The average Bonchev–Trinajstić information content (AvgIpc) is 1.90. The number of rotatable bonds is 6. The molecular formula is C7H17NS2. The van der Waals surface area contributed by atoms with E-state index in [0.717, 1.165) is 24.6 Å². The maximum Gasteiger partial charge on any atom is 0.00702 e. The number of nitrogens with zero attached hydrogens (tertiary/aromatic N) is 1. The van der Waals surface area contributed by atoms with Gasteiger partial charge < -0.3 is 4.90 Å². The highest BCUT2D eigenvalue weighted by atomic mass is 32.1. The molecule has 0 rings (SSSR count). The SMILES string of the molecule is CCCN(CCS)CCS. The van der Waals surface area contributed by atoms with Crippen molar-refractivity contribution in [3.63, 3.8) is 0 Å². The number of thiol groups is 2. The lowest BCUT2D eigenvalue weighted by Crippen LogP contribution is -2.28. The minimum Gasteiger partial charge on any atom is -0.302 e. The predicted octanol–water partition coefficient (Wildman–Crippen LogP) is 1.56. The molecule has 0 bridgehead atoms. The first-order valence-corrected chi connectivity index (χ1v) is 5.05. The van der Waals surface area contributed by atoms with E-state index >= 15 is 0 Å². The monoisotopic (exact) mass is 179 g/mol. The van der Waals surface area contributed by atoms with Gasteiger partial charge in [0.25, 0.3) is 0 Å². The summed E-state index contributed by atoms with van der Waals surface area (Å²) < 4.78 is 0. The fourth-order valence-electron chi connectivity index (χ4n) is 0.934. The lowest BCUT2D eigenvalue weighted by Gasteiger charge is -2.18. The molecule has 0 saturated heterocycles. The van der Waals surface area contributed by atoms with E-state index in [1.54, 1.807) is 0 Å². The molecule has 0 aliphatic rings. The normalized spacial score (nSPS) is 10.8. The Bertz CT molecular complexity index is 54.4. The van der Waals surface area contributed by atoms with Gasteiger partial charge in [-0.1, -0.05) is 6.92 Å². The Morgan fingerprint density at radius 3 is 1.80 bits per heavy atom. The van der Waals surface area contributed by atoms with Gasteiger partial charge in [0.15, 0.2) is 0 Å². The van der Waals surface area contributed by atoms with E-state index in [1.165, 1.54) is 13.0 Å². The Morgan fingerprint density at radius 2 is 1.50 bits per heavy atom. The van der Waals surface area contributed by atoms with Crippen LogP contribution in [0.25, 0.3) is 0 Å². The molecule has 0 N–H and O–H groups in total. The second-order valence-electron chi connectivity index (χ2n) is 2.29. The van der Waals surface area contributed by atoms with E-state index in [9.17, 15) is 0 Å². The molecule has 0 aromatic heterocycles. The smallest absolute Gasteiger partial charge is 0.00702 e. The van der Waals surface area contributed by atoms with Gasteiger partial charge in [0.05, 0.1) is 0 Å². The zero-order valence-corrected chi connectivity index (χ0v) is 8.37. The van der Waals surface area contributed by atoms with Gasteiger partial charge in [0.2, 0.25) is 0 Å². The highest BCUT2D eigenvalue weighted by molar-refractivity contribution is 7.80. The van der Waals surface area contributed by atoms with Crippen LogP contribution in [0.3, 0.4) is 0 Å². The van der Waals surface area contributed by atoms with Crippen molar-refractivity contribution in [2.45, 2.75) is 13.3 Å². The lowest BCUT2D eigenvalue weighted by molar-refractivity contribution is 0.310. The van der Waals surface area contributed by atoms with Gasteiger partial charge in [-0.2, -0.15) is 25.3 Å². The zero-order chi connectivity index (χ0) is 7.82.